The van der Waals surface area contributed by atoms with Gasteiger partial charge in [0.25, 0.3) is 0 Å². The molecule has 2 N–H and O–H groups in total. The number of aromatic hydroxyl groups is 1. The fraction of sp³-hybridized carbons (Fsp3) is 0.235. The number of nitrogens with one attached hydrogen (secondary N) is 1. The van der Waals surface area contributed by atoms with Crippen molar-refractivity contribution in [2.24, 2.45) is 0 Å². The molecular weight excluding hydrogens is 280 g/mol. The maximum atomic E-state index is 12.1. The summed E-state index contributed by atoms with van der Waals surface area (Å²) in [5, 5.41) is 12.1. The van der Waals surface area contributed by atoms with E-state index in [2.05, 4.69) is 5.32 Å². The molecule has 2 rings (SSSR count). The Kier molecular flexibility index (Phi) is 5.25. The van der Waals surface area contributed by atoms with Crippen molar-refractivity contribution in [1.29, 1.82) is 0 Å². The quantitative estimate of drug-likeness (QED) is 0.892. The molecule has 0 atom stereocenters. The number of rotatable bonds is 5. The Bertz CT molecular complexity index is 609. The van der Waals surface area contributed by atoms with Crippen LogP contribution in [0.5, 0.6) is 11.5 Å². The van der Waals surface area contributed by atoms with Crippen molar-refractivity contribution < 1.29 is 14.6 Å². The SMILES string of the molecule is COc1ccc(CCNC(=O)N(C)c2ccc(O)cc2)cc1. The van der Waals surface area contributed by atoms with Gasteiger partial charge in [-0.25, -0.2) is 4.79 Å². The zero-order valence-corrected chi connectivity index (χ0v) is 12.7. The number of carbonyl (C=O) groups excluding carboxylic acids is 1. The molecule has 2 amide bonds. The van der Waals surface area contributed by atoms with Crippen LogP contribution in [0, 0.1) is 0 Å². The fourth-order valence-electron chi connectivity index (χ4n) is 2.02. The molecule has 5 nitrogen and oxygen atoms in total. The van der Waals surface area contributed by atoms with E-state index >= 15 is 0 Å². The van der Waals surface area contributed by atoms with Crippen molar-refractivity contribution in [3.8, 4) is 11.5 Å². The molecule has 0 saturated carbocycles. The van der Waals surface area contributed by atoms with Crippen LogP contribution in [-0.4, -0.2) is 31.8 Å². The second kappa shape index (κ2) is 7.36. The van der Waals surface area contributed by atoms with E-state index in [9.17, 15) is 9.90 Å². The summed E-state index contributed by atoms with van der Waals surface area (Å²) in [6.45, 7) is 0.549. The van der Waals surface area contributed by atoms with E-state index in [-0.39, 0.29) is 11.8 Å². The summed E-state index contributed by atoms with van der Waals surface area (Å²) in [4.78, 5) is 13.6. The summed E-state index contributed by atoms with van der Waals surface area (Å²) < 4.78 is 5.11. The number of carbonyl (C=O) groups is 1. The normalized spacial score (nSPS) is 10.1. The zero-order valence-electron chi connectivity index (χ0n) is 12.7. The first-order chi connectivity index (χ1) is 10.6. The van der Waals surface area contributed by atoms with Crippen LogP contribution < -0.4 is 15.0 Å². The molecule has 0 bridgehead atoms. The van der Waals surface area contributed by atoms with Crippen LogP contribution in [0.3, 0.4) is 0 Å². The molecule has 0 spiro atoms. The predicted molar refractivity (Wildman–Crippen MR) is 86.6 cm³/mol. The second-order valence-electron chi connectivity index (χ2n) is 4.91. The van der Waals surface area contributed by atoms with Crippen LogP contribution in [0.15, 0.2) is 48.5 Å². The van der Waals surface area contributed by atoms with Gasteiger partial charge in [0.1, 0.15) is 11.5 Å². The first kappa shape index (κ1) is 15.7. The van der Waals surface area contributed by atoms with Crippen molar-refractivity contribution in [3.05, 3.63) is 54.1 Å². The highest BCUT2D eigenvalue weighted by Crippen LogP contribution is 2.17. The predicted octanol–water partition coefficient (Wildman–Crippen LogP) is 2.79. The maximum absolute atomic E-state index is 12.1. The number of hydrogen-bond acceptors (Lipinski definition) is 3. The average Bonchev–Trinajstić information content (AvgIpc) is 2.55. The summed E-state index contributed by atoms with van der Waals surface area (Å²) in [6.07, 6.45) is 0.749. The number of phenolic OH excluding ortho intramolecular Hbond substituents is 1. The Morgan fingerprint density at radius 3 is 2.36 bits per heavy atom. The van der Waals surface area contributed by atoms with Crippen molar-refractivity contribution in [2.75, 3.05) is 25.6 Å². The summed E-state index contributed by atoms with van der Waals surface area (Å²) in [6, 6.07) is 14.1. The molecule has 0 fully saturated rings. The third-order valence-electron chi connectivity index (χ3n) is 3.39. The van der Waals surface area contributed by atoms with E-state index in [0.717, 1.165) is 23.4 Å². The molecule has 0 aliphatic carbocycles. The van der Waals surface area contributed by atoms with Crippen LogP contribution in [0.1, 0.15) is 5.56 Å². The minimum atomic E-state index is -0.181. The lowest BCUT2D eigenvalue weighted by Gasteiger charge is -2.18. The Hall–Kier alpha value is -2.69. The number of methoxy groups -OCH3 is 1. The molecule has 5 heteroatoms. The van der Waals surface area contributed by atoms with Crippen LogP contribution in [0.2, 0.25) is 0 Å². The van der Waals surface area contributed by atoms with Crippen molar-refractivity contribution >= 4 is 11.7 Å². The number of amides is 2. The van der Waals surface area contributed by atoms with Gasteiger partial charge in [0.15, 0.2) is 0 Å². The molecule has 2 aromatic carbocycles. The zero-order chi connectivity index (χ0) is 15.9. The van der Waals surface area contributed by atoms with Crippen molar-refractivity contribution in [2.45, 2.75) is 6.42 Å². The standard InChI is InChI=1S/C17H20N2O3/c1-19(14-5-7-15(20)8-6-14)17(21)18-12-11-13-3-9-16(22-2)10-4-13/h3-10,20H,11-12H2,1-2H3,(H,18,21). The Labute approximate surface area is 130 Å². The summed E-state index contributed by atoms with van der Waals surface area (Å²) in [7, 11) is 3.32. The topological polar surface area (TPSA) is 61.8 Å². The van der Waals surface area contributed by atoms with E-state index in [1.165, 1.54) is 4.90 Å². The first-order valence-corrected chi connectivity index (χ1v) is 7.03. The number of urea groups is 1. The van der Waals surface area contributed by atoms with Gasteiger partial charge in [0.05, 0.1) is 7.11 Å². The lowest BCUT2D eigenvalue weighted by atomic mass is 10.1. The van der Waals surface area contributed by atoms with Gasteiger partial charge in [-0.05, 0) is 48.4 Å². The molecular formula is C17H20N2O3. The highest BCUT2D eigenvalue weighted by Gasteiger charge is 2.09. The molecule has 0 heterocycles. The van der Waals surface area contributed by atoms with E-state index in [0.29, 0.717) is 6.54 Å². The van der Waals surface area contributed by atoms with E-state index in [1.54, 1.807) is 38.4 Å². The largest absolute Gasteiger partial charge is 0.508 e. The van der Waals surface area contributed by atoms with Gasteiger partial charge >= 0.3 is 6.03 Å². The molecule has 0 aliphatic heterocycles. The number of nitrogens with zero attached hydrogens (tertiary/aromatic N) is 1. The fourth-order valence-corrected chi connectivity index (χ4v) is 2.02. The Morgan fingerprint density at radius 2 is 1.77 bits per heavy atom. The Morgan fingerprint density at radius 1 is 1.14 bits per heavy atom. The number of benzene rings is 2. The smallest absolute Gasteiger partial charge is 0.321 e. The summed E-state index contributed by atoms with van der Waals surface area (Å²) >= 11 is 0. The molecule has 116 valence electrons. The van der Waals surface area contributed by atoms with Gasteiger partial charge in [-0.2, -0.15) is 0 Å². The van der Waals surface area contributed by atoms with Crippen molar-refractivity contribution in [1.82, 2.24) is 5.32 Å². The van der Waals surface area contributed by atoms with Crippen LogP contribution in [-0.2, 0) is 6.42 Å². The number of phenols is 1. The highest BCUT2D eigenvalue weighted by molar-refractivity contribution is 5.91. The average molecular weight is 300 g/mol. The maximum Gasteiger partial charge on any atom is 0.321 e. The van der Waals surface area contributed by atoms with Crippen LogP contribution in [0.4, 0.5) is 10.5 Å². The number of anilines is 1. The van der Waals surface area contributed by atoms with Gasteiger partial charge in [0, 0.05) is 19.3 Å². The minimum Gasteiger partial charge on any atom is -0.508 e. The second-order valence-corrected chi connectivity index (χ2v) is 4.91. The van der Waals surface area contributed by atoms with E-state index in [1.807, 2.05) is 24.3 Å². The monoisotopic (exact) mass is 300 g/mol. The summed E-state index contributed by atoms with van der Waals surface area (Å²) in [5.74, 6) is 0.997. The van der Waals surface area contributed by atoms with E-state index in [4.69, 9.17) is 4.74 Å². The van der Waals surface area contributed by atoms with E-state index < -0.39 is 0 Å². The number of hydrogen-bond donors (Lipinski definition) is 2. The molecule has 0 aromatic heterocycles. The summed E-state index contributed by atoms with van der Waals surface area (Å²) in [5.41, 5.74) is 1.85. The van der Waals surface area contributed by atoms with Gasteiger partial charge in [-0.3, -0.25) is 4.90 Å². The molecule has 0 aliphatic rings. The lowest BCUT2D eigenvalue weighted by Crippen LogP contribution is -2.38. The van der Waals surface area contributed by atoms with Crippen LogP contribution >= 0.6 is 0 Å². The third kappa shape index (κ3) is 4.15. The van der Waals surface area contributed by atoms with Gasteiger partial charge in [-0.1, -0.05) is 12.1 Å². The molecule has 0 saturated heterocycles. The lowest BCUT2D eigenvalue weighted by molar-refractivity contribution is 0.247. The van der Waals surface area contributed by atoms with Crippen molar-refractivity contribution in [3.63, 3.8) is 0 Å². The molecule has 0 radical (unpaired) electrons. The first-order valence-electron chi connectivity index (χ1n) is 7.03. The highest BCUT2D eigenvalue weighted by atomic mass is 16.5. The van der Waals surface area contributed by atoms with Gasteiger partial charge < -0.3 is 15.2 Å². The minimum absolute atomic E-state index is 0.178. The Balaban J connectivity index is 1.82. The molecule has 2 aromatic rings. The molecule has 22 heavy (non-hydrogen) atoms. The third-order valence-corrected chi connectivity index (χ3v) is 3.39. The number of ether oxygens (including phenoxy) is 1. The molecule has 0 unspecified atom stereocenters. The van der Waals surface area contributed by atoms with Gasteiger partial charge in [-0.15, -0.1) is 0 Å². The van der Waals surface area contributed by atoms with Gasteiger partial charge in [0.2, 0.25) is 0 Å². The van der Waals surface area contributed by atoms with Crippen LogP contribution in [0.25, 0.3) is 0 Å².